The molecule has 0 aliphatic rings. The maximum Gasteiger partial charge on any atom is 0.406 e. The van der Waals surface area contributed by atoms with E-state index in [9.17, 15) is 18.0 Å². The third-order valence-electron chi connectivity index (χ3n) is 2.75. The molecule has 1 amide bonds. The van der Waals surface area contributed by atoms with Crippen molar-refractivity contribution in [2.45, 2.75) is 13.1 Å². The van der Waals surface area contributed by atoms with Crippen LogP contribution in [0, 0.1) is 6.92 Å². The van der Waals surface area contributed by atoms with Crippen LogP contribution in [0.5, 0.6) is 0 Å². The number of amides is 1. The molecule has 9 heteroatoms. The second-order valence-corrected chi connectivity index (χ2v) is 5.59. The van der Waals surface area contributed by atoms with E-state index in [1.54, 1.807) is 13.0 Å². The number of carbonyl (C=O) groups is 1. The zero-order chi connectivity index (χ0) is 17.0. The maximum atomic E-state index is 12.6. The van der Waals surface area contributed by atoms with E-state index in [1.165, 1.54) is 18.5 Å². The Morgan fingerprint density at radius 2 is 2.04 bits per heavy atom. The van der Waals surface area contributed by atoms with Crippen LogP contribution in [0.4, 0.5) is 13.2 Å². The van der Waals surface area contributed by atoms with Crippen LogP contribution in [-0.2, 0) is 0 Å². The summed E-state index contributed by atoms with van der Waals surface area (Å²) >= 11 is 0.972. The van der Waals surface area contributed by atoms with E-state index in [-0.39, 0.29) is 11.4 Å². The number of hydrogen-bond donors (Lipinski definition) is 0. The smallest absolute Gasteiger partial charge is 0.325 e. The standard InChI is InChI=1S/C14H13F3N4OS/c1-3-7-21(8-14(15,16)17)13(22)10-9(2)20-12(23-10)11-18-5-4-6-19-11/h3-6H,1,7-8H2,2H3. The molecule has 0 fully saturated rings. The molecule has 0 saturated carbocycles. The highest BCUT2D eigenvalue weighted by atomic mass is 32.1. The molecule has 5 nitrogen and oxygen atoms in total. The van der Waals surface area contributed by atoms with Gasteiger partial charge in [-0.05, 0) is 13.0 Å². The van der Waals surface area contributed by atoms with Crippen LogP contribution in [0.3, 0.4) is 0 Å². The first-order valence-electron chi connectivity index (χ1n) is 6.53. The van der Waals surface area contributed by atoms with E-state index in [1.807, 2.05) is 0 Å². The number of aryl methyl sites for hydroxylation is 1. The van der Waals surface area contributed by atoms with Gasteiger partial charge >= 0.3 is 6.18 Å². The molecule has 2 aromatic heterocycles. The molecule has 0 N–H and O–H groups in total. The average Bonchev–Trinajstić information content (AvgIpc) is 2.88. The summed E-state index contributed by atoms with van der Waals surface area (Å²) in [5, 5.41) is 0.386. The summed E-state index contributed by atoms with van der Waals surface area (Å²) in [4.78, 5) is 25.4. The zero-order valence-electron chi connectivity index (χ0n) is 12.2. The number of alkyl halides is 3. The SMILES string of the molecule is C=CCN(CC(F)(F)F)C(=O)c1sc(-c2ncccn2)nc1C. The van der Waals surface area contributed by atoms with Crippen molar-refractivity contribution < 1.29 is 18.0 Å². The van der Waals surface area contributed by atoms with Crippen LogP contribution in [0.1, 0.15) is 15.4 Å². The normalized spacial score (nSPS) is 11.3. The zero-order valence-corrected chi connectivity index (χ0v) is 13.0. The van der Waals surface area contributed by atoms with Crippen molar-refractivity contribution in [1.82, 2.24) is 19.9 Å². The lowest BCUT2D eigenvalue weighted by molar-refractivity contribution is -0.139. The van der Waals surface area contributed by atoms with Gasteiger partial charge in [-0.3, -0.25) is 4.79 Å². The third kappa shape index (κ3) is 4.35. The number of rotatable bonds is 5. The van der Waals surface area contributed by atoms with Gasteiger partial charge in [0.05, 0.1) is 5.69 Å². The van der Waals surface area contributed by atoms with Gasteiger partial charge in [0, 0.05) is 18.9 Å². The van der Waals surface area contributed by atoms with Crippen molar-refractivity contribution >= 4 is 17.2 Å². The summed E-state index contributed by atoms with van der Waals surface area (Å²) in [6.07, 6.45) is -0.188. The third-order valence-corrected chi connectivity index (χ3v) is 3.90. The number of carbonyl (C=O) groups excluding carboxylic acids is 1. The van der Waals surface area contributed by atoms with Crippen LogP contribution in [0.15, 0.2) is 31.1 Å². The first kappa shape index (κ1) is 17.1. The van der Waals surface area contributed by atoms with Gasteiger partial charge in [-0.1, -0.05) is 6.08 Å². The number of hydrogen-bond acceptors (Lipinski definition) is 5. The van der Waals surface area contributed by atoms with E-state index in [0.717, 1.165) is 11.3 Å². The fourth-order valence-electron chi connectivity index (χ4n) is 1.84. The number of aromatic nitrogens is 3. The predicted octanol–water partition coefficient (Wildman–Crippen LogP) is 3.10. The molecule has 0 saturated heterocycles. The van der Waals surface area contributed by atoms with Gasteiger partial charge in [0.15, 0.2) is 10.8 Å². The van der Waals surface area contributed by atoms with Gasteiger partial charge in [0.1, 0.15) is 11.4 Å². The molecule has 0 unspecified atom stereocenters. The molecule has 23 heavy (non-hydrogen) atoms. The number of nitrogens with zero attached hydrogens (tertiary/aromatic N) is 4. The average molecular weight is 342 g/mol. The summed E-state index contributed by atoms with van der Waals surface area (Å²) in [5.74, 6) is -0.412. The molecular weight excluding hydrogens is 329 g/mol. The molecule has 0 aromatic carbocycles. The van der Waals surface area contributed by atoms with E-state index in [4.69, 9.17) is 0 Å². The van der Waals surface area contributed by atoms with Crippen molar-refractivity contribution in [2.24, 2.45) is 0 Å². The van der Waals surface area contributed by atoms with Crippen LogP contribution in [0.25, 0.3) is 10.8 Å². The summed E-state index contributed by atoms with van der Waals surface area (Å²) in [6, 6.07) is 1.63. The van der Waals surface area contributed by atoms with Gasteiger partial charge in [0.25, 0.3) is 5.91 Å². The Balaban J connectivity index is 2.31. The van der Waals surface area contributed by atoms with Crippen molar-refractivity contribution in [2.75, 3.05) is 13.1 Å². The molecule has 0 bridgehead atoms. The van der Waals surface area contributed by atoms with E-state index < -0.39 is 18.6 Å². The lowest BCUT2D eigenvalue weighted by Crippen LogP contribution is -2.39. The Morgan fingerprint density at radius 3 is 2.61 bits per heavy atom. The Labute approximate surface area is 134 Å². The summed E-state index contributed by atoms with van der Waals surface area (Å²) in [6.45, 7) is 3.41. The molecule has 0 aliphatic heterocycles. The predicted molar refractivity (Wildman–Crippen MR) is 80.0 cm³/mol. The molecule has 0 radical (unpaired) electrons. The first-order chi connectivity index (χ1) is 10.8. The second-order valence-electron chi connectivity index (χ2n) is 4.60. The van der Waals surface area contributed by atoms with Gasteiger partial charge in [-0.15, -0.1) is 17.9 Å². The lowest BCUT2D eigenvalue weighted by atomic mass is 10.3. The van der Waals surface area contributed by atoms with Gasteiger partial charge in [-0.25, -0.2) is 15.0 Å². The molecule has 122 valence electrons. The van der Waals surface area contributed by atoms with Crippen molar-refractivity contribution in [1.29, 1.82) is 0 Å². The Bertz CT molecular complexity index is 700. The van der Waals surface area contributed by atoms with Gasteiger partial charge in [0.2, 0.25) is 0 Å². The van der Waals surface area contributed by atoms with Crippen LogP contribution in [0.2, 0.25) is 0 Å². The van der Waals surface area contributed by atoms with Gasteiger partial charge in [-0.2, -0.15) is 13.2 Å². The largest absolute Gasteiger partial charge is 0.406 e. The van der Waals surface area contributed by atoms with Crippen molar-refractivity contribution in [3.05, 3.63) is 41.7 Å². The van der Waals surface area contributed by atoms with Crippen molar-refractivity contribution in [3.63, 3.8) is 0 Å². The molecule has 2 rings (SSSR count). The van der Waals surface area contributed by atoms with Crippen LogP contribution >= 0.6 is 11.3 Å². The highest BCUT2D eigenvalue weighted by Crippen LogP contribution is 2.27. The highest BCUT2D eigenvalue weighted by molar-refractivity contribution is 7.17. The minimum Gasteiger partial charge on any atom is -0.325 e. The molecule has 2 aromatic rings. The van der Waals surface area contributed by atoms with Crippen molar-refractivity contribution in [3.8, 4) is 10.8 Å². The topological polar surface area (TPSA) is 59.0 Å². The molecular formula is C14H13F3N4OS. The minimum absolute atomic E-state index is 0.138. The van der Waals surface area contributed by atoms with Crippen LogP contribution in [-0.4, -0.2) is 45.0 Å². The molecule has 0 aliphatic carbocycles. The maximum absolute atomic E-state index is 12.6. The molecule has 2 heterocycles. The minimum atomic E-state index is -4.48. The Kier molecular flexibility index (Phi) is 5.09. The quantitative estimate of drug-likeness (QED) is 0.784. The fraction of sp³-hybridized carbons (Fsp3) is 0.286. The summed E-state index contributed by atoms with van der Waals surface area (Å²) in [5.41, 5.74) is 0.346. The monoisotopic (exact) mass is 342 g/mol. The first-order valence-corrected chi connectivity index (χ1v) is 7.35. The second kappa shape index (κ2) is 6.86. The Morgan fingerprint density at radius 1 is 1.39 bits per heavy atom. The number of thiazole rings is 1. The molecule has 0 spiro atoms. The number of halogens is 3. The lowest BCUT2D eigenvalue weighted by Gasteiger charge is -2.21. The van der Waals surface area contributed by atoms with E-state index >= 15 is 0 Å². The molecule has 0 atom stereocenters. The fourth-order valence-corrected chi connectivity index (χ4v) is 2.82. The van der Waals surface area contributed by atoms with E-state index in [0.29, 0.717) is 21.4 Å². The highest BCUT2D eigenvalue weighted by Gasteiger charge is 2.34. The van der Waals surface area contributed by atoms with Crippen LogP contribution < -0.4 is 0 Å². The summed E-state index contributed by atoms with van der Waals surface area (Å²) < 4.78 is 37.8. The van der Waals surface area contributed by atoms with E-state index in [2.05, 4.69) is 21.5 Å². The Hall–Kier alpha value is -2.29. The van der Waals surface area contributed by atoms with Gasteiger partial charge < -0.3 is 4.90 Å². The summed E-state index contributed by atoms with van der Waals surface area (Å²) in [7, 11) is 0.